The van der Waals surface area contributed by atoms with Crippen LogP contribution in [0.5, 0.6) is 0 Å². The van der Waals surface area contributed by atoms with Crippen LogP contribution in [-0.2, 0) is 0 Å². The fourth-order valence-electron chi connectivity index (χ4n) is 4.10. The van der Waals surface area contributed by atoms with Crippen molar-refractivity contribution in [2.24, 2.45) is 0 Å². The molecule has 0 unspecified atom stereocenters. The lowest BCUT2D eigenvalue weighted by atomic mass is 10.2. The fourth-order valence-corrected chi connectivity index (χ4v) is 5.19. The smallest absolute Gasteiger partial charge is 0.264 e. The van der Waals surface area contributed by atoms with Crippen LogP contribution in [0.25, 0.3) is 10.9 Å². The molecule has 1 aromatic carbocycles. The summed E-state index contributed by atoms with van der Waals surface area (Å²) in [4.78, 5) is 28.2. The van der Waals surface area contributed by atoms with Crippen molar-refractivity contribution in [2.75, 3.05) is 37.6 Å². The molecule has 0 spiro atoms. The van der Waals surface area contributed by atoms with Crippen molar-refractivity contribution in [3.63, 3.8) is 0 Å². The van der Waals surface area contributed by atoms with Crippen LogP contribution in [0.1, 0.15) is 33.4 Å². The average molecular weight is 394 g/mol. The van der Waals surface area contributed by atoms with Gasteiger partial charge in [0.15, 0.2) is 0 Å². The number of hydrogen-bond acceptors (Lipinski definition) is 6. The van der Waals surface area contributed by atoms with Crippen LogP contribution >= 0.6 is 11.3 Å². The Kier molecular flexibility index (Phi) is 4.70. The molecule has 144 valence electrons. The highest BCUT2D eigenvalue weighted by Gasteiger charge is 2.26. The molecule has 0 aliphatic carbocycles. The lowest BCUT2D eigenvalue weighted by molar-refractivity contribution is 0.0751. The van der Waals surface area contributed by atoms with E-state index in [2.05, 4.69) is 32.3 Å². The monoisotopic (exact) mass is 393 g/mol. The number of amides is 1. The lowest BCUT2D eigenvalue weighted by Crippen LogP contribution is -2.49. The molecule has 5 rings (SSSR count). The number of para-hydroxylation sites is 1. The number of piperazine rings is 1. The van der Waals surface area contributed by atoms with E-state index in [0.717, 1.165) is 41.2 Å². The lowest BCUT2D eigenvalue weighted by Gasteiger charge is -2.35. The fraction of sp³-hybridized carbons (Fsp3) is 0.381. The molecular weight excluding hydrogens is 370 g/mol. The molecule has 2 aliphatic rings. The molecule has 2 aliphatic heterocycles. The topological polar surface area (TPSA) is 61.4 Å². The minimum Gasteiger partial charge on any atom is -0.352 e. The van der Waals surface area contributed by atoms with Crippen molar-refractivity contribution in [3.8, 4) is 0 Å². The van der Waals surface area contributed by atoms with Gasteiger partial charge in [-0.15, -0.1) is 11.3 Å². The second kappa shape index (κ2) is 7.48. The van der Waals surface area contributed by atoms with Gasteiger partial charge in [0.05, 0.1) is 10.4 Å². The zero-order chi connectivity index (χ0) is 18.9. The van der Waals surface area contributed by atoms with Crippen LogP contribution in [0.4, 0.5) is 5.82 Å². The molecule has 0 bridgehead atoms. The summed E-state index contributed by atoms with van der Waals surface area (Å²) in [5.41, 5.74) is 0.956. The second-order valence-corrected chi connectivity index (χ2v) is 8.46. The van der Waals surface area contributed by atoms with Gasteiger partial charge in [-0.3, -0.25) is 4.79 Å². The molecule has 28 heavy (non-hydrogen) atoms. The van der Waals surface area contributed by atoms with Crippen molar-refractivity contribution < 1.29 is 4.79 Å². The standard InChI is InChI=1S/C21H23N5OS/c27-21(19-8-7-18(28-19)17-6-3-9-22-17)26-12-10-25(11-13-26)20-15-4-1-2-5-16(15)23-14-24-20/h1-2,4-5,7-8,14,17,22H,3,6,9-13H2/t17-/m1/s1. The SMILES string of the molecule is O=C(c1ccc([C@H]2CCCN2)s1)N1CCN(c2ncnc3ccccc23)CC1. The summed E-state index contributed by atoms with van der Waals surface area (Å²) in [6.45, 7) is 4.08. The Hall–Kier alpha value is -2.51. The van der Waals surface area contributed by atoms with Crippen LogP contribution < -0.4 is 10.2 Å². The average Bonchev–Trinajstić information content (AvgIpc) is 3.45. The Bertz CT molecular complexity index is 984. The third-order valence-corrected chi connectivity index (χ3v) is 6.82. The Morgan fingerprint density at radius 2 is 1.93 bits per heavy atom. The van der Waals surface area contributed by atoms with E-state index in [-0.39, 0.29) is 5.91 Å². The summed E-state index contributed by atoms with van der Waals surface area (Å²) >= 11 is 1.64. The van der Waals surface area contributed by atoms with Gasteiger partial charge in [0.2, 0.25) is 0 Å². The van der Waals surface area contributed by atoms with Gasteiger partial charge in [-0.05, 0) is 43.7 Å². The number of aromatic nitrogens is 2. The van der Waals surface area contributed by atoms with Crippen molar-refractivity contribution in [1.82, 2.24) is 20.2 Å². The van der Waals surface area contributed by atoms with E-state index in [1.54, 1.807) is 17.7 Å². The third-order valence-electron chi connectivity index (χ3n) is 5.63. The van der Waals surface area contributed by atoms with E-state index in [0.29, 0.717) is 19.1 Å². The van der Waals surface area contributed by atoms with E-state index >= 15 is 0 Å². The van der Waals surface area contributed by atoms with E-state index in [1.165, 1.54) is 17.7 Å². The number of carbonyl (C=O) groups is 1. The summed E-state index contributed by atoms with van der Waals surface area (Å²) in [6.07, 6.45) is 4.00. The zero-order valence-corrected chi connectivity index (χ0v) is 16.5. The number of nitrogens with zero attached hydrogens (tertiary/aromatic N) is 4. The highest BCUT2D eigenvalue weighted by molar-refractivity contribution is 7.14. The van der Waals surface area contributed by atoms with Crippen LogP contribution in [0.3, 0.4) is 0 Å². The Labute approximate surface area is 168 Å². The number of carbonyl (C=O) groups excluding carboxylic acids is 1. The molecule has 2 fully saturated rings. The maximum Gasteiger partial charge on any atom is 0.264 e. The van der Waals surface area contributed by atoms with E-state index < -0.39 is 0 Å². The predicted octanol–water partition coefficient (Wildman–Crippen LogP) is 3.08. The number of rotatable bonds is 3. The van der Waals surface area contributed by atoms with Gasteiger partial charge < -0.3 is 15.1 Å². The number of nitrogens with one attached hydrogen (secondary N) is 1. The van der Waals surface area contributed by atoms with E-state index in [1.807, 2.05) is 29.2 Å². The third kappa shape index (κ3) is 3.25. The Morgan fingerprint density at radius 1 is 1.07 bits per heavy atom. The van der Waals surface area contributed by atoms with E-state index in [4.69, 9.17) is 0 Å². The first-order valence-electron chi connectivity index (χ1n) is 9.87. The second-order valence-electron chi connectivity index (χ2n) is 7.34. The highest BCUT2D eigenvalue weighted by Crippen LogP contribution is 2.30. The number of fused-ring (bicyclic) bond motifs is 1. The molecule has 6 nitrogen and oxygen atoms in total. The molecule has 4 heterocycles. The number of anilines is 1. The molecule has 7 heteroatoms. The summed E-state index contributed by atoms with van der Waals surface area (Å²) in [5, 5.41) is 4.58. The number of benzene rings is 1. The molecule has 3 aromatic rings. The normalized spacial score (nSPS) is 20.1. The number of hydrogen-bond donors (Lipinski definition) is 1. The van der Waals surface area contributed by atoms with Gasteiger partial charge in [-0.2, -0.15) is 0 Å². The van der Waals surface area contributed by atoms with Crippen molar-refractivity contribution in [3.05, 3.63) is 52.5 Å². The molecule has 1 amide bonds. The first kappa shape index (κ1) is 17.6. The number of thiophene rings is 1. The molecule has 1 atom stereocenters. The Balaban J connectivity index is 1.27. The molecule has 0 radical (unpaired) electrons. The summed E-state index contributed by atoms with van der Waals surface area (Å²) in [7, 11) is 0. The molecule has 2 saturated heterocycles. The van der Waals surface area contributed by atoms with E-state index in [9.17, 15) is 4.79 Å². The summed E-state index contributed by atoms with van der Waals surface area (Å²) in [5.74, 6) is 1.12. The zero-order valence-electron chi connectivity index (χ0n) is 15.7. The van der Waals surface area contributed by atoms with Crippen molar-refractivity contribution in [1.29, 1.82) is 0 Å². The predicted molar refractivity (Wildman–Crippen MR) is 112 cm³/mol. The van der Waals surface area contributed by atoms with Crippen molar-refractivity contribution in [2.45, 2.75) is 18.9 Å². The van der Waals surface area contributed by atoms with Gasteiger partial charge in [0, 0.05) is 42.5 Å². The molecule has 2 aromatic heterocycles. The summed E-state index contributed by atoms with van der Waals surface area (Å²) < 4.78 is 0. The van der Waals surface area contributed by atoms with Crippen LogP contribution in [0.2, 0.25) is 0 Å². The quantitative estimate of drug-likeness (QED) is 0.741. The van der Waals surface area contributed by atoms with Crippen LogP contribution in [0, 0.1) is 0 Å². The minimum atomic E-state index is 0.154. The molecule has 0 saturated carbocycles. The maximum absolute atomic E-state index is 13.0. The molecule has 1 N–H and O–H groups in total. The van der Waals surface area contributed by atoms with Gasteiger partial charge >= 0.3 is 0 Å². The van der Waals surface area contributed by atoms with Gasteiger partial charge in [0.1, 0.15) is 12.1 Å². The molecular formula is C21H23N5OS. The van der Waals surface area contributed by atoms with Crippen molar-refractivity contribution >= 4 is 34.0 Å². The summed E-state index contributed by atoms with van der Waals surface area (Å²) in [6, 6.07) is 12.6. The van der Waals surface area contributed by atoms with Crippen LogP contribution in [0.15, 0.2) is 42.7 Å². The minimum absolute atomic E-state index is 0.154. The van der Waals surface area contributed by atoms with Crippen LogP contribution in [-0.4, -0.2) is 53.5 Å². The van der Waals surface area contributed by atoms with Gasteiger partial charge in [-0.1, -0.05) is 12.1 Å². The highest BCUT2D eigenvalue weighted by atomic mass is 32.1. The van der Waals surface area contributed by atoms with Gasteiger partial charge in [0.25, 0.3) is 5.91 Å². The Morgan fingerprint density at radius 3 is 2.75 bits per heavy atom. The first-order chi connectivity index (χ1) is 13.8. The van der Waals surface area contributed by atoms with Gasteiger partial charge in [-0.25, -0.2) is 9.97 Å². The first-order valence-corrected chi connectivity index (χ1v) is 10.7. The maximum atomic E-state index is 13.0. The largest absolute Gasteiger partial charge is 0.352 e.